The van der Waals surface area contributed by atoms with Crippen LogP contribution in [0.2, 0.25) is 0 Å². The molecule has 0 atom stereocenters. The standard InChI is InChI=1S/C12H10F2N2O2S/c13-8-1-4-10(5-2-8)19(17,18)16-12-7-9(15)3-6-11(12)14/h1-7,16H,15H2. The predicted octanol–water partition coefficient (Wildman–Crippen LogP) is 2.35. The van der Waals surface area contributed by atoms with Crippen LogP contribution in [0.25, 0.3) is 0 Å². The molecule has 0 aliphatic carbocycles. The maximum atomic E-state index is 13.4. The number of hydrogen-bond donors (Lipinski definition) is 2. The van der Waals surface area contributed by atoms with E-state index < -0.39 is 21.7 Å². The molecule has 0 unspecified atom stereocenters. The van der Waals surface area contributed by atoms with Gasteiger partial charge in [-0.05, 0) is 42.5 Å². The van der Waals surface area contributed by atoms with Crippen molar-refractivity contribution in [2.24, 2.45) is 0 Å². The maximum absolute atomic E-state index is 13.4. The fraction of sp³-hybridized carbons (Fsp3) is 0. The summed E-state index contributed by atoms with van der Waals surface area (Å²) in [6.07, 6.45) is 0. The minimum absolute atomic E-state index is 0.171. The van der Waals surface area contributed by atoms with E-state index in [1.165, 1.54) is 6.07 Å². The third-order valence-electron chi connectivity index (χ3n) is 2.36. The van der Waals surface area contributed by atoms with Crippen molar-refractivity contribution >= 4 is 21.4 Å². The third kappa shape index (κ3) is 3.00. The first kappa shape index (κ1) is 13.3. The molecule has 0 fully saturated rings. The number of nitrogens with two attached hydrogens (primary N) is 1. The van der Waals surface area contributed by atoms with E-state index in [0.717, 1.165) is 36.4 Å². The van der Waals surface area contributed by atoms with Gasteiger partial charge in [-0.25, -0.2) is 17.2 Å². The molecular weight excluding hydrogens is 274 g/mol. The Morgan fingerprint density at radius 2 is 1.63 bits per heavy atom. The van der Waals surface area contributed by atoms with E-state index in [1.54, 1.807) is 0 Å². The van der Waals surface area contributed by atoms with Gasteiger partial charge in [-0.15, -0.1) is 0 Å². The zero-order chi connectivity index (χ0) is 14.0. The van der Waals surface area contributed by atoms with Crippen LogP contribution < -0.4 is 10.5 Å². The highest BCUT2D eigenvalue weighted by Crippen LogP contribution is 2.21. The van der Waals surface area contributed by atoms with E-state index in [0.29, 0.717) is 0 Å². The van der Waals surface area contributed by atoms with Crippen molar-refractivity contribution in [3.8, 4) is 0 Å². The predicted molar refractivity (Wildman–Crippen MR) is 68.0 cm³/mol. The van der Waals surface area contributed by atoms with Crippen molar-refractivity contribution in [3.63, 3.8) is 0 Å². The molecule has 7 heteroatoms. The van der Waals surface area contributed by atoms with Crippen LogP contribution in [-0.4, -0.2) is 8.42 Å². The highest BCUT2D eigenvalue weighted by Gasteiger charge is 2.16. The number of anilines is 2. The summed E-state index contributed by atoms with van der Waals surface area (Å²) in [4.78, 5) is -0.171. The number of halogens is 2. The summed E-state index contributed by atoms with van der Waals surface area (Å²) in [6.45, 7) is 0. The lowest BCUT2D eigenvalue weighted by molar-refractivity contribution is 0.597. The van der Waals surface area contributed by atoms with E-state index in [9.17, 15) is 17.2 Å². The second kappa shape index (κ2) is 4.85. The largest absolute Gasteiger partial charge is 0.399 e. The fourth-order valence-corrected chi connectivity index (χ4v) is 2.50. The Balaban J connectivity index is 2.36. The van der Waals surface area contributed by atoms with Crippen molar-refractivity contribution in [1.29, 1.82) is 0 Å². The molecule has 2 aromatic carbocycles. The van der Waals surface area contributed by atoms with Gasteiger partial charge in [0.2, 0.25) is 0 Å². The molecule has 0 aromatic heterocycles. The summed E-state index contributed by atoms with van der Waals surface area (Å²) in [7, 11) is -3.98. The second-order valence-electron chi connectivity index (χ2n) is 3.80. The van der Waals surface area contributed by atoms with Crippen LogP contribution in [0.1, 0.15) is 0 Å². The van der Waals surface area contributed by atoms with Crippen molar-refractivity contribution in [3.05, 3.63) is 54.1 Å². The summed E-state index contributed by atoms with van der Waals surface area (Å²) >= 11 is 0. The third-order valence-corrected chi connectivity index (χ3v) is 3.74. The molecule has 0 heterocycles. The maximum Gasteiger partial charge on any atom is 0.261 e. The van der Waals surface area contributed by atoms with Gasteiger partial charge in [-0.1, -0.05) is 0 Å². The smallest absolute Gasteiger partial charge is 0.261 e. The molecule has 3 N–H and O–H groups in total. The van der Waals surface area contributed by atoms with E-state index in [2.05, 4.69) is 4.72 Å². The SMILES string of the molecule is Nc1ccc(F)c(NS(=O)(=O)c2ccc(F)cc2)c1. The molecule has 0 aliphatic rings. The van der Waals surface area contributed by atoms with Crippen LogP contribution in [0, 0.1) is 11.6 Å². The molecule has 4 nitrogen and oxygen atoms in total. The molecule has 0 aliphatic heterocycles. The minimum Gasteiger partial charge on any atom is -0.399 e. The lowest BCUT2D eigenvalue weighted by Gasteiger charge is -2.09. The second-order valence-corrected chi connectivity index (χ2v) is 5.48. The molecule has 0 saturated heterocycles. The Labute approximate surface area is 108 Å². The molecule has 100 valence electrons. The van der Waals surface area contributed by atoms with Gasteiger partial charge in [0, 0.05) is 5.69 Å². The molecule has 2 rings (SSSR count). The Kier molecular flexibility index (Phi) is 3.39. The molecule has 0 saturated carbocycles. The lowest BCUT2D eigenvalue weighted by atomic mass is 10.3. The number of nitrogens with one attached hydrogen (secondary N) is 1. The average Bonchev–Trinajstić information content (AvgIpc) is 2.34. The molecule has 2 aromatic rings. The number of rotatable bonds is 3. The van der Waals surface area contributed by atoms with Crippen molar-refractivity contribution in [2.45, 2.75) is 4.90 Å². The Hall–Kier alpha value is -2.15. The van der Waals surface area contributed by atoms with Gasteiger partial charge in [-0.3, -0.25) is 4.72 Å². The fourth-order valence-electron chi connectivity index (χ4n) is 1.44. The summed E-state index contributed by atoms with van der Waals surface area (Å²) < 4.78 is 52.1. The Morgan fingerprint density at radius 3 is 2.26 bits per heavy atom. The molecular formula is C12H10F2N2O2S. The van der Waals surface area contributed by atoms with Crippen LogP contribution in [-0.2, 0) is 10.0 Å². The Morgan fingerprint density at radius 1 is 1.00 bits per heavy atom. The van der Waals surface area contributed by atoms with Gasteiger partial charge in [-0.2, -0.15) is 0 Å². The highest BCUT2D eigenvalue weighted by atomic mass is 32.2. The first-order valence-electron chi connectivity index (χ1n) is 5.22. The van der Waals surface area contributed by atoms with Gasteiger partial charge in [0.1, 0.15) is 11.6 Å². The monoisotopic (exact) mass is 284 g/mol. The normalized spacial score (nSPS) is 11.3. The number of nitrogen functional groups attached to an aromatic ring is 1. The van der Waals surface area contributed by atoms with Gasteiger partial charge < -0.3 is 5.73 Å². The van der Waals surface area contributed by atoms with Gasteiger partial charge in [0.15, 0.2) is 0 Å². The molecule has 0 radical (unpaired) electrons. The number of hydrogen-bond acceptors (Lipinski definition) is 3. The van der Waals surface area contributed by atoms with Crippen molar-refractivity contribution in [1.82, 2.24) is 0 Å². The van der Waals surface area contributed by atoms with Crippen molar-refractivity contribution in [2.75, 3.05) is 10.5 Å². The summed E-state index contributed by atoms with van der Waals surface area (Å²) in [5, 5.41) is 0. The van der Waals surface area contributed by atoms with Crippen LogP contribution in [0.4, 0.5) is 20.2 Å². The van der Waals surface area contributed by atoms with E-state index in [-0.39, 0.29) is 16.3 Å². The van der Waals surface area contributed by atoms with Crippen LogP contribution in [0.5, 0.6) is 0 Å². The highest BCUT2D eigenvalue weighted by molar-refractivity contribution is 7.92. The summed E-state index contributed by atoms with van der Waals surface area (Å²) in [5.74, 6) is -1.31. The van der Waals surface area contributed by atoms with Crippen LogP contribution in [0.15, 0.2) is 47.4 Å². The van der Waals surface area contributed by atoms with Crippen molar-refractivity contribution < 1.29 is 17.2 Å². The number of benzene rings is 2. The summed E-state index contributed by atoms with van der Waals surface area (Å²) in [6, 6.07) is 7.71. The van der Waals surface area contributed by atoms with E-state index in [1.807, 2.05) is 0 Å². The lowest BCUT2D eigenvalue weighted by Crippen LogP contribution is -2.14. The molecule has 0 bridgehead atoms. The topological polar surface area (TPSA) is 72.2 Å². The Bertz CT molecular complexity index is 700. The number of sulfonamides is 1. The van der Waals surface area contributed by atoms with Gasteiger partial charge in [0.05, 0.1) is 10.6 Å². The zero-order valence-electron chi connectivity index (χ0n) is 9.60. The quantitative estimate of drug-likeness (QED) is 0.850. The van der Waals surface area contributed by atoms with E-state index in [4.69, 9.17) is 5.73 Å². The van der Waals surface area contributed by atoms with Crippen LogP contribution in [0.3, 0.4) is 0 Å². The minimum atomic E-state index is -3.98. The average molecular weight is 284 g/mol. The molecule has 0 spiro atoms. The van der Waals surface area contributed by atoms with Gasteiger partial charge >= 0.3 is 0 Å². The van der Waals surface area contributed by atoms with Gasteiger partial charge in [0.25, 0.3) is 10.0 Å². The molecule has 19 heavy (non-hydrogen) atoms. The van der Waals surface area contributed by atoms with E-state index >= 15 is 0 Å². The zero-order valence-corrected chi connectivity index (χ0v) is 10.4. The summed E-state index contributed by atoms with van der Waals surface area (Å²) in [5.41, 5.74) is 5.41. The first-order chi connectivity index (χ1) is 8.88. The van der Waals surface area contributed by atoms with Crippen LogP contribution >= 0.6 is 0 Å². The molecule has 0 amide bonds. The first-order valence-corrected chi connectivity index (χ1v) is 6.70.